The lowest BCUT2D eigenvalue weighted by molar-refractivity contribution is 0.102. The number of carbonyl (C=O) groups excluding carboxylic acids is 1. The van der Waals surface area contributed by atoms with Crippen molar-refractivity contribution in [2.24, 2.45) is 5.73 Å². The zero-order chi connectivity index (χ0) is 14.5. The van der Waals surface area contributed by atoms with Crippen LogP contribution >= 0.6 is 0 Å². The number of hydrogen-bond acceptors (Lipinski definition) is 4. The number of nitrogens with zero attached hydrogens (tertiary/aromatic N) is 1. The summed E-state index contributed by atoms with van der Waals surface area (Å²) in [5, 5.41) is 2.61. The van der Waals surface area contributed by atoms with Crippen molar-refractivity contribution in [3.63, 3.8) is 0 Å². The fourth-order valence-corrected chi connectivity index (χ4v) is 1.61. The lowest BCUT2D eigenvalue weighted by Gasteiger charge is -2.07. The molecule has 1 heterocycles. The van der Waals surface area contributed by atoms with Crippen LogP contribution in [-0.4, -0.2) is 18.0 Å². The highest BCUT2D eigenvalue weighted by atomic mass is 19.1. The molecule has 0 aliphatic heterocycles. The minimum Gasteiger partial charge on any atom is -0.494 e. The molecular formula is C14H14FN3O2. The van der Waals surface area contributed by atoms with E-state index in [0.29, 0.717) is 12.4 Å². The Balaban J connectivity index is 2.14. The summed E-state index contributed by atoms with van der Waals surface area (Å²) in [5.41, 5.74) is 6.61. The number of carbonyl (C=O) groups is 1. The van der Waals surface area contributed by atoms with Crippen molar-refractivity contribution in [1.82, 2.24) is 4.98 Å². The van der Waals surface area contributed by atoms with Gasteiger partial charge in [0.15, 0.2) is 11.6 Å². The van der Waals surface area contributed by atoms with Gasteiger partial charge in [-0.25, -0.2) is 9.37 Å². The van der Waals surface area contributed by atoms with Crippen molar-refractivity contribution in [2.75, 3.05) is 12.4 Å². The summed E-state index contributed by atoms with van der Waals surface area (Å²) in [6, 6.07) is 7.31. The van der Waals surface area contributed by atoms with Crippen LogP contribution in [0, 0.1) is 5.82 Å². The molecule has 0 saturated heterocycles. The summed E-state index contributed by atoms with van der Waals surface area (Å²) >= 11 is 0. The maximum absolute atomic E-state index is 13.3. The number of ether oxygens (including phenoxy) is 1. The molecule has 0 atom stereocenters. The summed E-state index contributed by atoms with van der Waals surface area (Å²) in [5.74, 6) is -0.495. The fourth-order valence-electron chi connectivity index (χ4n) is 1.61. The summed E-state index contributed by atoms with van der Waals surface area (Å²) in [7, 11) is 1.34. The SMILES string of the molecule is COc1cc(C(=O)Nc2ccc(CN)cn2)ccc1F. The maximum atomic E-state index is 13.3. The molecule has 0 fully saturated rings. The molecule has 3 N–H and O–H groups in total. The van der Waals surface area contributed by atoms with Crippen LogP contribution in [0.2, 0.25) is 0 Å². The van der Waals surface area contributed by atoms with Crippen LogP contribution in [0.3, 0.4) is 0 Å². The van der Waals surface area contributed by atoms with E-state index in [1.165, 1.54) is 25.3 Å². The molecule has 1 aromatic carbocycles. The highest BCUT2D eigenvalue weighted by molar-refractivity contribution is 6.04. The Hall–Kier alpha value is -2.47. The quantitative estimate of drug-likeness (QED) is 0.894. The Morgan fingerprint density at radius 1 is 1.40 bits per heavy atom. The van der Waals surface area contributed by atoms with Crippen LogP contribution in [0.25, 0.3) is 0 Å². The van der Waals surface area contributed by atoms with Gasteiger partial charge in [0.25, 0.3) is 5.91 Å². The van der Waals surface area contributed by atoms with Crippen LogP contribution in [0.1, 0.15) is 15.9 Å². The van der Waals surface area contributed by atoms with Crippen LogP contribution in [0.5, 0.6) is 5.75 Å². The first kappa shape index (κ1) is 14.0. The minimum atomic E-state index is -0.519. The predicted molar refractivity (Wildman–Crippen MR) is 73.0 cm³/mol. The second-order valence-corrected chi connectivity index (χ2v) is 4.06. The topological polar surface area (TPSA) is 77.2 Å². The summed E-state index contributed by atoms with van der Waals surface area (Å²) in [4.78, 5) is 16.1. The van der Waals surface area contributed by atoms with E-state index in [-0.39, 0.29) is 11.3 Å². The predicted octanol–water partition coefficient (Wildman–Crippen LogP) is 1.94. The average Bonchev–Trinajstić information content (AvgIpc) is 2.48. The van der Waals surface area contributed by atoms with E-state index >= 15 is 0 Å². The van der Waals surface area contributed by atoms with Gasteiger partial charge in [-0.1, -0.05) is 6.07 Å². The van der Waals surface area contributed by atoms with Crippen LogP contribution < -0.4 is 15.8 Å². The molecular weight excluding hydrogens is 261 g/mol. The zero-order valence-electron chi connectivity index (χ0n) is 10.9. The number of amides is 1. The number of methoxy groups -OCH3 is 1. The summed E-state index contributed by atoms with van der Waals surface area (Å²) in [6.07, 6.45) is 1.58. The number of halogens is 1. The van der Waals surface area contributed by atoms with Gasteiger partial charge in [-0.05, 0) is 29.8 Å². The van der Waals surface area contributed by atoms with E-state index in [0.717, 1.165) is 5.56 Å². The summed E-state index contributed by atoms with van der Waals surface area (Å²) < 4.78 is 18.1. The van der Waals surface area contributed by atoms with Crippen molar-refractivity contribution in [3.05, 3.63) is 53.5 Å². The first-order chi connectivity index (χ1) is 9.63. The number of hydrogen-bond donors (Lipinski definition) is 2. The van der Waals surface area contributed by atoms with Gasteiger partial charge in [-0.15, -0.1) is 0 Å². The van der Waals surface area contributed by atoms with E-state index in [9.17, 15) is 9.18 Å². The van der Waals surface area contributed by atoms with Gasteiger partial charge >= 0.3 is 0 Å². The first-order valence-electron chi connectivity index (χ1n) is 5.94. The van der Waals surface area contributed by atoms with Crippen molar-refractivity contribution >= 4 is 11.7 Å². The Morgan fingerprint density at radius 2 is 2.20 bits per heavy atom. The van der Waals surface area contributed by atoms with E-state index in [4.69, 9.17) is 10.5 Å². The molecule has 104 valence electrons. The van der Waals surface area contributed by atoms with E-state index in [1.54, 1.807) is 18.3 Å². The third kappa shape index (κ3) is 3.10. The standard InChI is InChI=1S/C14H14FN3O2/c1-20-12-6-10(3-4-11(12)15)14(19)18-13-5-2-9(7-16)8-17-13/h2-6,8H,7,16H2,1H3,(H,17,18,19). The molecule has 20 heavy (non-hydrogen) atoms. The molecule has 0 aliphatic rings. The van der Waals surface area contributed by atoms with E-state index in [1.807, 2.05) is 0 Å². The maximum Gasteiger partial charge on any atom is 0.256 e. The smallest absolute Gasteiger partial charge is 0.256 e. The number of pyridine rings is 1. The molecule has 1 amide bonds. The van der Waals surface area contributed by atoms with Gasteiger partial charge in [0.05, 0.1) is 7.11 Å². The Bertz CT molecular complexity index is 614. The Labute approximate surface area is 115 Å². The normalized spacial score (nSPS) is 10.2. The lowest BCUT2D eigenvalue weighted by atomic mass is 10.2. The van der Waals surface area contributed by atoms with Crippen LogP contribution in [-0.2, 0) is 6.54 Å². The largest absolute Gasteiger partial charge is 0.494 e. The number of anilines is 1. The van der Waals surface area contributed by atoms with Gasteiger partial charge in [-0.2, -0.15) is 0 Å². The van der Waals surface area contributed by atoms with Crippen LogP contribution in [0.4, 0.5) is 10.2 Å². The highest BCUT2D eigenvalue weighted by Crippen LogP contribution is 2.19. The molecule has 0 aliphatic carbocycles. The van der Waals surface area contributed by atoms with Gasteiger partial charge < -0.3 is 15.8 Å². The van der Waals surface area contributed by atoms with E-state index in [2.05, 4.69) is 10.3 Å². The Kier molecular flexibility index (Phi) is 4.27. The molecule has 2 aromatic rings. The average molecular weight is 275 g/mol. The number of aromatic nitrogens is 1. The number of benzene rings is 1. The molecule has 0 saturated carbocycles. The van der Waals surface area contributed by atoms with Crippen molar-refractivity contribution in [1.29, 1.82) is 0 Å². The van der Waals surface area contributed by atoms with Crippen molar-refractivity contribution in [2.45, 2.75) is 6.54 Å². The van der Waals surface area contributed by atoms with Gasteiger partial charge in [-0.3, -0.25) is 4.79 Å². The first-order valence-corrected chi connectivity index (χ1v) is 5.94. The molecule has 0 radical (unpaired) electrons. The zero-order valence-corrected chi connectivity index (χ0v) is 10.9. The summed E-state index contributed by atoms with van der Waals surface area (Å²) in [6.45, 7) is 0.385. The molecule has 0 spiro atoms. The van der Waals surface area contributed by atoms with Crippen molar-refractivity contribution in [3.8, 4) is 5.75 Å². The number of nitrogens with one attached hydrogen (secondary N) is 1. The molecule has 0 unspecified atom stereocenters. The Morgan fingerprint density at radius 3 is 2.80 bits per heavy atom. The van der Waals surface area contributed by atoms with Gasteiger partial charge in [0, 0.05) is 18.3 Å². The fraction of sp³-hybridized carbons (Fsp3) is 0.143. The highest BCUT2D eigenvalue weighted by Gasteiger charge is 2.10. The second kappa shape index (κ2) is 6.12. The third-order valence-electron chi connectivity index (χ3n) is 2.72. The second-order valence-electron chi connectivity index (χ2n) is 4.06. The number of nitrogens with two attached hydrogens (primary N) is 1. The molecule has 5 nitrogen and oxygen atoms in total. The van der Waals surface area contributed by atoms with Gasteiger partial charge in [0.1, 0.15) is 5.82 Å². The molecule has 6 heteroatoms. The number of rotatable bonds is 4. The third-order valence-corrected chi connectivity index (χ3v) is 2.72. The lowest BCUT2D eigenvalue weighted by Crippen LogP contribution is -2.13. The molecule has 1 aromatic heterocycles. The van der Waals surface area contributed by atoms with Crippen LogP contribution in [0.15, 0.2) is 36.5 Å². The molecule has 2 rings (SSSR count). The monoisotopic (exact) mass is 275 g/mol. The molecule has 0 bridgehead atoms. The minimum absolute atomic E-state index is 0.0177. The van der Waals surface area contributed by atoms with Gasteiger partial charge in [0.2, 0.25) is 0 Å². The van der Waals surface area contributed by atoms with E-state index < -0.39 is 11.7 Å². The van der Waals surface area contributed by atoms with Crippen molar-refractivity contribution < 1.29 is 13.9 Å².